The lowest BCUT2D eigenvalue weighted by atomic mass is 9.46. The number of hydrogen-bond donors (Lipinski definition) is 0. The van der Waals surface area contributed by atoms with Crippen molar-refractivity contribution < 1.29 is 4.79 Å². The highest BCUT2D eigenvalue weighted by molar-refractivity contribution is 5.80. The van der Waals surface area contributed by atoms with Crippen LogP contribution in [0.15, 0.2) is 11.6 Å². The number of ketones is 1. The predicted molar refractivity (Wildman–Crippen MR) is 109 cm³/mol. The minimum absolute atomic E-state index is 0.271. The molecule has 0 heterocycles. The van der Waals surface area contributed by atoms with E-state index in [2.05, 4.69) is 33.8 Å². The molecule has 0 amide bonds. The number of rotatable bonds is 3. The van der Waals surface area contributed by atoms with Gasteiger partial charge in [0, 0.05) is 5.92 Å². The van der Waals surface area contributed by atoms with E-state index >= 15 is 0 Å². The van der Waals surface area contributed by atoms with Gasteiger partial charge >= 0.3 is 0 Å². The summed E-state index contributed by atoms with van der Waals surface area (Å²) in [4.78, 5) is 12.5. The van der Waals surface area contributed by atoms with Gasteiger partial charge in [-0.2, -0.15) is 0 Å². The molecule has 3 saturated carbocycles. The molecule has 0 aromatic carbocycles. The maximum Gasteiger partial charge on any atom is 0.133 e. The van der Waals surface area contributed by atoms with Crippen molar-refractivity contribution in [1.29, 1.82) is 0 Å². The van der Waals surface area contributed by atoms with E-state index < -0.39 is 0 Å². The number of carbonyl (C=O) groups is 1. The first-order chi connectivity index (χ1) is 12.3. The summed E-state index contributed by atoms with van der Waals surface area (Å²) in [6, 6.07) is 0. The van der Waals surface area contributed by atoms with Gasteiger partial charge in [-0.1, -0.05) is 52.2 Å². The molecule has 3 fully saturated rings. The van der Waals surface area contributed by atoms with Crippen molar-refractivity contribution in [2.45, 2.75) is 92.4 Å². The molecule has 0 aromatic rings. The van der Waals surface area contributed by atoms with E-state index in [1.807, 2.05) is 12.5 Å². The molecular formula is C25H40O. The average molecular weight is 357 g/mol. The molecule has 0 aromatic heterocycles. The first-order valence-corrected chi connectivity index (χ1v) is 11.5. The molecule has 146 valence electrons. The van der Waals surface area contributed by atoms with Crippen LogP contribution in [0.3, 0.4) is 0 Å². The van der Waals surface area contributed by atoms with E-state index in [9.17, 15) is 4.79 Å². The standard InChI is InChI=1S/C25H40O/c1-6-7-18-10-12-24(4)19(15-18)8-9-20-21(24)11-13-25(5)22(20)14-16(2)23(25)17(3)26/h8,16,18,20-23H,6-7,9-15H2,1-5H3. The topological polar surface area (TPSA) is 17.1 Å². The molecule has 1 nitrogen and oxygen atoms in total. The second-order valence-electron chi connectivity index (χ2n) is 11.0. The minimum atomic E-state index is 0.271. The Kier molecular flexibility index (Phi) is 4.68. The second-order valence-corrected chi connectivity index (χ2v) is 11.0. The zero-order valence-electron chi connectivity index (χ0n) is 17.8. The van der Waals surface area contributed by atoms with Crippen LogP contribution in [-0.4, -0.2) is 5.78 Å². The zero-order chi connectivity index (χ0) is 18.7. The fraction of sp³-hybridized carbons (Fsp3) is 0.880. The van der Waals surface area contributed by atoms with E-state index in [0.29, 0.717) is 23.0 Å². The largest absolute Gasteiger partial charge is 0.300 e. The molecule has 26 heavy (non-hydrogen) atoms. The Morgan fingerprint density at radius 1 is 1.19 bits per heavy atom. The van der Waals surface area contributed by atoms with Crippen molar-refractivity contribution in [1.82, 2.24) is 0 Å². The first-order valence-electron chi connectivity index (χ1n) is 11.5. The molecule has 1 heteroatoms. The summed E-state index contributed by atoms with van der Waals surface area (Å²) in [5, 5.41) is 0. The summed E-state index contributed by atoms with van der Waals surface area (Å²) in [6.07, 6.45) is 14.9. The molecule has 4 aliphatic rings. The Morgan fingerprint density at radius 2 is 1.96 bits per heavy atom. The van der Waals surface area contributed by atoms with Crippen LogP contribution in [0.5, 0.6) is 0 Å². The Balaban J connectivity index is 1.62. The van der Waals surface area contributed by atoms with Gasteiger partial charge in [0.25, 0.3) is 0 Å². The van der Waals surface area contributed by atoms with Crippen LogP contribution in [0.25, 0.3) is 0 Å². The van der Waals surface area contributed by atoms with E-state index in [0.717, 1.165) is 23.7 Å². The summed E-state index contributed by atoms with van der Waals surface area (Å²) in [7, 11) is 0. The van der Waals surface area contributed by atoms with Crippen molar-refractivity contribution in [2.75, 3.05) is 0 Å². The molecule has 0 bridgehead atoms. The molecule has 8 unspecified atom stereocenters. The predicted octanol–water partition coefficient (Wildman–Crippen LogP) is 6.82. The zero-order valence-corrected chi connectivity index (χ0v) is 17.8. The summed E-state index contributed by atoms with van der Waals surface area (Å²) in [5.41, 5.74) is 2.56. The average Bonchev–Trinajstić information content (AvgIpc) is 2.85. The Morgan fingerprint density at radius 3 is 2.65 bits per heavy atom. The lowest BCUT2D eigenvalue weighted by Gasteiger charge is -2.58. The van der Waals surface area contributed by atoms with Crippen molar-refractivity contribution in [2.24, 2.45) is 46.3 Å². The Labute approximate surface area is 161 Å². The fourth-order valence-corrected chi connectivity index (χ4v) is 8.62. The van der Waals surface area contributed by atoms with Crippen LogP contribution in [0.2, 0.25) is 0 Å². The van der Waals surface area contributed by atoms with Gasteiger partial charge < -0.3 is 0 Å². The van der Waals surface area contributed by atoms with Gasteiger partial charge in [-0.05, 0) is 92.3 Å². The number of Topliss-reactive ketones (excluding diaryl/α,β-unsaturated/α-hetero) is 1. The van der Waals surface area contributed by atoms with Gasteiger partial charge in [0.05, 0.1) is 0 Å². The normalized spacial score (nSPS) is 50.4. The third-order valence-corrected chi connectivity index (χ3v) is 9.68. The first kappa shape index (κ1) is 18.8. The quantitative estimate of drug-likeness (QED) is 0.507. The summed E-state index contributed by atoms with van der Waals surface area (Å²) < 4.78 is 0. The fourth-order valence-electron chi connectivity index (χ4n) is 8.62. The molecule has 4 rings (SSSR count). The maximum absolute atomic E-state index is 12.5. The van der Waals surface area contributed by atoms with Crippen molar-refractivity contribution in [3.63, 3.8) is 0 Å². The monoisotopic (exact) mass is 356 g/mol. The van der Waals surface area contributed by atoms with Crippen LogP contribution in [0, 0.1) is 46.3 Å². The molecule has 0 N–H and O–H groups in total. The van der Waals surface area contributed by atoms with Gasteiger partial charge in [-0.25, -0.2) is 0 Å². The molecule has 0 saturated heterocycles. The third-order valence-electron chi connectivity index (χ3n) is 9.68. The summed E-state index contributed by atoms with van der Waals surface area (Å²) >= 11 is 0. The van der Waals surface area contributed by atoms with Crippen molar-refractivity contribution in [3.8, 4) is 0 Å². The minimum Gasteiger partial charge on any atom is -0.300 e. The van der Waals surface area contributed by atoms with E-state index in [1.165, 1.54) is 57.8 Å². The SMILES string of the molecule is CCCC1CCC2(C)C(=CCC3C2CCC2(C)C3CC(C)C2C(C)=O)C1. The summed E-state index contributed by atoms with van der Waals surface area (Å²) in [5.74, 6) is 4.77. The highest BCUT2D eigenvalue weighted by Crippen LogP contribution is 2.67. The van der Waals surface area contributed by atoms with Crippen LogP contribution in [0.1, 0.15) is 92.4 Å². The lowest BCUT2D eigenvalue weighted by Crippen LogP contribution is -2.50. The number of carbonyl (C=O) groups excluding carboxylic acids is 1. The van der Waals surface area contributed by atoms with Gasteiger partial charge in [0.15, 0.2) is 0 Å². The van der Waals surface area contributed by atoms with Crippen LogP contribution < -0.4 is 0 Å². The van der Waals surface area contributed by atoms with Crippen molar-refractivity contribution in [3.05, 3.63) is 11.6 Å². The molecular weight excluding hydrogens is 316 g/mol. The van der Waals surface area contributed by atoms with Crippen LogP contribution >= 0.6 is 0 Å². The molecule has 0 spiro atoms. The third kappa shape index (κ3) is 2.59. The van der Waals surface area contributed by atoms with Crippen LogP contribution in [-0.2, 0) is 4.79 Å². The van der Waals surface area contributed by atoms with Crippen molar-refractivity contribution >= 4 is 5.78 Å². The van der Waals surface area contributed by atoms with E-state index in [1.54, 1.807) is 0 Å². The number of fused-ring (bicyclic) bond motifs is 5. The Bertz CT molecular complexity index is 603. The summed E-state index contributed by atoms with van der Waals surface area (Å²) in [6.45, 7) is 11.6. The Hall–Kier alpha value is -0.590. The van der Waals surface area contributed by atoms with Gasteiger partial charge in [0.2, 0.25) is 0 Å². The lowest BCUT2D eigenvalue weighted by molar-refractivity contribution is -0.128. The maximum atomic E-state index is 12.5. The highest BCUT2D eigenvalue weighted by Gasteiger charge is 2.61. The number of hydrogen-bond acceptors (Lipinski definition) is 1. The molecule has 0 radical (unpaired) electrons. The molecule has 0 aliphatic heterocycles. The smallest absolute Gasteiger partial charge is 0.133 e. The number of allylic oxidation sites excluding steroid dienone is 2. The van der Waals surface area contributed by atoms with Gasteiger partial charge in [0.1, 0.15) is 5.78 Å². The molecule has 8 atom stereocenters. The van der Waals surface area contributed by atoms with Crippen LogP contribution in [0.4, 0.5) is 0 Å². The molecule has 4 aliphatic carbocycles. The van der Waals surface area contributed by atoms with E-state index in [4.69, 9.17) is 0 Å². The second kappa shape index (κ2) is 6.49. The van der Waals surface area contributed by atoms with Gasteiger partial charge in [-0.3, -0.25) is 4.79 Å². The highest BCUT2D eigenvalue weighted by atomic mass is 16.1. The van der Waals surface area contributed by atoms with E-state index in [-0.39, 0.29) is 5.41 Å². The van der Waals surface area contributed by atoms with Gasteiger partial charge in [-0.15, -0.1) is 0 Å².